The second-order valence-electron chi connectivity index (χ2n) is 7.98. The van der Waals surface area contributed by atoms with Gasteiger partial charge < -0.3 is 14.2 Å². The van der Waals surface area contributed by atoms with Gasteiger partial charge >= 0.3 is 11.9 Å². The van der Waals surface area contributed by atoms with E-state index in [2.05, 4.69) is 0 Å². The molecule has 0 radical (unpaired) electrons. The molecule has 1 spiro atoms. The first-order valence-electron chi connectivity index (χ1n) is 7.74. The van der Waals surface area contributed by atoms with Crippen LogP contribution in [0.3, 0.4) is 0 Å². The van der Waals surface area contributed by atoms with E-state index in [1.807, 2.05) is 20.8 Å². The zero-order chi connectivity index (χ0) is 17.0. The van der Waals surface area contributed by atoms with Crippen molar-refractivity contribution < 1.29 is 28.6 Å². The molecule has 6 heteroatoms. The molecule has 0 aromatic carbocycles. The first kappa shape index (κ1) is 14.9. The lowest BCUT2D eigenvalue weighted by Crippen LogP contribution is -2.42. The van der Waals surface area contributed by atoms with Crippen molar-refractivity contribution in [3.63, 3.8) is 0 Å². The van der Waals surface area contributed by atoms with Gasteiger partial charge in [0.15, 0.2) is 11.4 Å². The number of fused-ring (bicyclic) bond motifs is 2. The molecule has 1 heterocycles. The topological polar surface area (TPSA) is 82.2 Å². The third kappa shape index (κ3) is 1.20. The molecule has 6 nitrogen and oxygen atoms in total. The zero-order valence-electron chi connectivity index (χ0n) is 13.9. The second kappa shape index (κ2) is 3.69. The number of carbonyl (C=O) groups excluding carboxylic acids is 3. The quantitative estimate of drug-likeness (QED) is 0.427. The molecular weight excluding hydrogens is 300 g/mol. The van der Waals surface area contributed by atoms with Gasteiger partial charge in [0.25, 0.3) is 0 Å². The molecule has 5 unspecified atom stereocenters. The molecule has 0 bridgehead atoms. The molecule has 4 aliphatic rings. The SMILES string of the molecule is COC(=O)C12C=C(C(C)(C)C)C3C4(CO4)C(=O)C1C32C(=O)OC. The Kier molecular flexibility index (Phi) is 2.39. The van der Waals surface area contributed by atoms with Crippen LogP contribution in [-0.4, -0.2) is 44.1 Å². The van der Waals surface area contributed by atoms with Crippen molar-refractivity contribution in [3.8, 4) is 0 Å². The number of esters is 2. The van der Waals surface area contributed by atoms with E-state index in [0.29, 0.717) is 6.61 Å². The number of ketones is 1. The highest BCUT2D eigenvalue weighted by Crippen LogP contribution is 2.88. The van der Waals surface area contributed by atoms with E-state index < -0.39 is 40.2 Å². The maximum absolute atomic E-state index is 12.9. The highest BCUT2D eigenvalue weighted by molar-refractivity contribution is 6.16. The number of rotatable bonds is 2. The summed E-state index contributed by atoms with van der Waals surface area (Å²) in [5.74, 6) is -2.39. The van der Waals surface area contributed by atoms with Gasteiger partial charge in [-0.15, -0.1) is 0 Å². The van der Waals surface area contributed by atoms with Crippen LogP contribution < -0.4 is 0 Å². The molecule has 124 valence electrons. The summed E-state index contributed by atoms with van der Waals surface area (Å²) >= 11 is 0. The van der Waals surface area contributed by atoms with Crippen LogP contribution >= 0.6 is 0 Å². The molecule has 1 aliphatic heterocycles. The van der Waals surface area contributed by atoms with Gasteiger partial charge in [0.2, 0.25) is 0 Å². The fourth-order valence-corrected chi connectivity index (χ4v) is 5.25. The summed E-state index contributed by atoms with van der Waals surface area (Å²) < 4.78 is 15.5. The molecule has 0 aromatic rings. The van der Waals surface area contributed by atoms with Crippen LogP contribution in [0.25, 0.3) is 0 Å². The van der Waals surface area contributed by atoms with Gasteiger partial charge in [-0.05, 0) is 5.41 Å². The largest absolute Gasteiger partial charge is 0.469 e. The maximum Gasteiger partial charge on any atom is 0.317 e. The molecule has 0 aromatic heterocycles. The van der Waals surface area contributed by atoms with Crippen molar-refractivity contribution in [2.75, 3.05) is 20.8 Å². The Labute approximate surface area is 134 Å². The minimum atomic E-state index is -1.23. The Balaban J connectivity index is 1.98. The highest BCUT2D eigenvalue weighted by atomic mass is 16.6. The Bertz CT molecular complexity index is 694. The summed E-state index contributed by atoms with van der Waals surface area (Å²) in [6.45, 7) is 6.32. The lowest BCUT2D eigenvalue weighted by molar-refractivity contribution is -0.157. The first-order chi connectivity index (χ1) is 10.7. The lowest BCUT2D eigenvalue weighted by Gasteiger charge is -2.31. The van der Waals surface area contributed by atoms with Crippen LogP contribution in [0.5, 0.6) is 0 Å². The van der Waals surface area contributed by atoms with Crippen LogP contribution in [0.2, 0.25) is 0 Å². The maximum atomic E-state index is 12.9. The fourth-order valence-electron chi connectivity index (χ4n) is 5.25. The molecule has 1 saturated heterocycles. The smallest absolute Gasteiger partial charge is 0.317 e. The van der Waals surface area contributed by atoms with Crippen molar-refractivity contribution in [1.82, 2.24) is 0 Å². The van der Waals surface area contributed by atoms with E-state index in [1.165, 1.54) is 14.2 Å². The molecular formula is C17H20O6. The van der Waals surface area contributed by atoms with Gasteiger partial charge in [-0.3, -0.25) is 14.4 Å². The fraction of sp³-hybridized carbons (Fsp3) is 0.706. The van der Waals surface area contributed by atoms with Gasteiger partial charge in [0.1, 0.15) is 10.8 Å². The average molecular weight is 320 g/mol. The van der Waals surface area contributed by atoms with Gasteiger partial charge in [-0.1, -0.05) is 32.4 Å². The number of methoxy groups -OCH3 is 2. The molecule has 3 aliphatic carbocycles. The van der Waals surface area contributed by atoms with Gasteiger partial charge in [0, 0.05) is 5.92 Å². The predicted molar refractivity (Wildman–Crippen MR) is 77.1 cm³/mol. The normalized spacial score (nSPS) is 45.6. The third-order valence-corrected chi connectivity index (χ3v) is 6.17. The van der Waals surface area contributed by atoms with Gasteiger partial charge in [-0.2, -0.15) is 0 Å². The van der Waals surface area contributed by atoms with Crippen molar-refractivity contribution in [2.45, 2.75) is 26.4 Å². The van der Waals surface area contributed by atoms with E-state index in [4.69, 9.17) is 14.2 Å². The highest BCUT2D eigenvalue weighted by Gasteiger charge is 3.01. The summed E-state index contributed by atoms with van der Waals surface area (Å²) in [6.07, 6.45) is 1.80. The summed E-state index contributed by atoms with van der Waals surface area (Å²) in [5, 5.41) is 0. The van der Waals surface area contributed by atoms with Crippen molar-refractivity contribution >= 4 is 17.7 Å². The van der Waals surface area contributed by atoms with Gasteiger partial charge in [-0.25, -0.2) is 0 Å². The number of carbonyl (C=O) groups is 3. The Morgan fingerprint density at radius 3 is 2.17 bits per heavy atom. The van der Waals surface area contributed by atoms with E-state index >= 15 is 0 Å². The van der Waals surface area contributed by atoms with Crippen LogP contribution in [0.1, 0.15) is 20.8 Å². The first-order valence-corrected chi connectivity index (χ1v) is 7.74. The van der Waals surface area contributed by atoms with Crippen LogP contribution in [0.4, 0.5) is 0 Å². The summed E-state index contributed by atoms with van der Waals surface area (Å²) in [6, 6.07) is 0. The average Bonchev–Trinajstić information content (AvgIpc) is 3.36. The van der Waals surface area contributed by atoms with E-state index in [-0.39, 0.29) is 11.2 Å². The summed E-state index contributed by atoms with van der Waals surface area (Å²) in [5.41, 5.74) is -2.75. The number of hydrogen-bond donors (Lipinski definition) is 0. The Morgan fingerprint density at radius 1 is 1.17 bits per heavy atom. The minimum Gasteiger partial charge on any atom is -0.469 e. The molecule has 2 saturated carbocycles. The standard InChI is InChI=1S/C17H20O6/c1-14(2,3)8-6-15(12(19)21-4)10-11(18)16(7-23-16)9(8)17(10,15)13(20)22-5/h6,9-10H,7H2,1-5H3. The van der Waals surface area contributed by atoms with E-state index in [0.717, 1.165) is 5.57 Å². The molecule has 3 fully saturated rings. The predicted octanol–water partition coefficient (Wildman–Crippen LogP) is 0.889. The molecule has 0 N–H and O–H groups in total. The molecule has 4 rings (SSSR count). The Hall–Kier alpha value is -1.69. The van der Waals surface area contributed by atoms with Crippen molar-refractivity contribution in [2.24, 2.45) is 28.1 Å². The van der Waals surface area contributed by atoms with Gasteiger partial charge in [0.05, 0.1) is 26.7 Å². The van der Waals surface area contributed by atoms with E-state index in [1.54, 1.807) is 6.08 Å². The number of ether oxygens (including phenoxy) is 3. The number of epoxide rings is 1. The van der Waals surface area contributed by atoms with Crippen LogP contribution in [0, 0.1) is 28.1 Å². The van der Waals surface area contributed by atoms with Crippen LogP contribution in [0.15, 0.2) is 11.6 Å². The second-order valence-corrected chi connectivity index (χ2v) is 7.98. The summed E-state index contributed by atoms with van der Waals surface area (Å²) in [4.78, 5) is 38.2. The molecule has 0 amide bonds. The summed E-state index contributed by atoms with van der Waals surface area (Å²) in [7, 11) is 2.57. The zero-order valence-corrected chi connectivity index (χ0v) is 13.9. The monoisotopic (exact) mass is 320 g/mol. The third-order valence-electron chi connectivity index (χ3n) is 6.17. The number of Topliss-reactive ketones (excluding diaryl/α,β-unsaturated/α-hetero) is 1. The minimum absolute atomic E-state index is 0.159. The molecule has 5 atom stereocenters. The van der Waals surface area contributed by atoms with Crippen molar-refractivity contribution in [3.05, 3.63) is 11.6 Å². The molecule has 23 heavy (non-hydrogen) atoms. The van der Waals surface area contributed by atoms with Crippen LogP contribution in [-0.2, 0) is 28.6 Å². The lowest BCUT2D eigenvalue weighted by atomic mass is 9.71. The van der Waals surface area contributed by atoms with Crippen molar-refractivity contribution in [1.29, 1.82) is 0 Å². The Morgan fingerprint density at radius 2 is 1.74 bits per heavy atom. The van der Waals surface area contributed by atoms with E-state index in [9.17, 15) is 14.4 Å². The number of hydrogen-bond acceptors (Lipinski definition) is 6.